The Morgan fingerprint density at radius 2 is 1.83 bits per heavy atom. The van der Waals surface area contributed by atoms with E-state index in [2.05, 4.69) is 18.2 Å². The number of hydrogen-bond acceptors (Lipinski definition) is 5. The highest BCUT2D eigenvalue weighted by molar-refractivity contribution is 5.67. The van der Waals surface area contributed by atoms with E-state index >= 15 is 0 Å². The molecule has 3 aliphatic rings. The maximum absolute atomic E-state index is 10.6. The summed E-state index contributed by atoms with van der Waals surface area (Å²) in [5, 5.41) is 17.8. The molecule has 2 bridgehead atoms. The van der Waals surface area contributed by atoms with Crippen molar-refractivity contribution in [2.45, 2.75) is 43.1 Å². The van der Waals surface area contributed by atoms with Gasteiger partial charge in [0.05, 0.1) is 30.4 Å². The highest BCUT2D eigenvalue weighted by Gasteiger charge is 2.50. The van der Waals surface area contributed by atoms with E-state index in [1.54, 1.807) is 12.1 Å². The number of nitrogens with zero attached hydrogens (tertiary/aromatic N) is 1. The largest absolute Gasteiger partial charge is 0.480 e. The lowest BCUT2D eigenvalue weighted by atomic mass is 9.62. The third kappa shape index (κ3) is 4.33. The first-order valence-electron chi connectivity index (χ1n) is 10.2. The molecule has 0 unspecified atom stereocenters. The van der Waals surface area contributed by atoms with E-state index < -0.39 is 5.97 Å². The summed E-state index contributed by atoms with van der Waals surface area (Å²) in [5.74, 6) is 0.454. The molecule has 1 N–H and O–H groups in total. The molecule has 156 valence electrons. The third-order valence-corrected chi connectivity index (χ3v) is 6.35. The standard InChI is InChI=1S/C24H25NO5/c25-15-18-3-1-5-20(13-18)30-21-6-2-4-19(14-21)23-7-9-24(10-8-23,29-17-23)11-12-28-16-22(26)27/h1-6,13-14H,7-12,16-17H2,(H,26,27). The highest BCUT2D eigenvalue weighted by Crippen LogP contribution is 2.52. The van der Waals surface area contributed by atoms with Gasteiger partial charge in [0.1, 0.15) is 18.1 Å². The monoisotopic (exact) mass is 407 g/mol. The predicted molar refractivity (Wildman–Crippen MR) is 110 cm³/mol. The van der Waals surface area contributed by atoms with Crippen LogP contribution in [0.2, 0.25) is 0 Å². The lowest BCUT2D eigenvalue weighted by Gasteiger charge is -2.53. The Morgan fingerprint density at radius 3 is 2.50 bits per heavy atom. The molecule has 6 nitrogen and oxygen atoms in total. The number of hydrogen-bond donors (Lipinski definition) is 1. The number of carboxylic acid groups (broad SMARTS) is 1. The van der Waals surface area contributed by atoms with Crippen molar-refractivity contribution in [3.63, 3.8) is 0 Å². The average Bonchev–Trinajstić information content (AvgIpc) is 2.78. The molecule has 0 aromatic heterocycles. The van der Waals surface area contributed by atoms with Crippen molar-refractivity contribution >= 4 is 5.97 Å². The average molecular weight is 407 g/mol. The number of ether oxygens (including phenoxy) is 3. The van der Waals surface area contributed by atoms with Gasteiger partial charge >= 0.3 is 5.97 Å². The second-order valence-electron chi connectivity index (χ2n) is 8.22. The van der Waals surface area contributed by atoms with E-state index in [9.17, 15) is 4.79 Å². The molecule has 2 aliphatic heterocycles. The smallest absolute Gasteiger partial charge is 0.329 e. The molecule has 6 heteroatoms. The fourth-order valence-corrected chi connectivity index (χ4v) is 4.53. The normalized spacial score (nSPS) is 24.9. The summed E-state index contributed by atoms with van der Waals surface area (Å²) in [6.07, 6.45) is 4.67. The first-order chi connectivity index (χ1) is 14.5. The van der Waals surface area contributed by atoms with Crippen LogP contribution >= 0.6 is 0 Å². The van der Waals surface area contributed by atoms with E-state index in [-0.39, 0.29) is 17.6 Å². The molecule has 2 saturated heterocycles. The summed E-state index contributed by atoms with van der Waals surface area (Å²) in [7, 11) is 0. The number of aliphatic carboxylic acids is 1. The summed E-state index contributed by atoms with van der Waals surface area (Å²) < 4.78 is 17.5. The number of nitriles is 1. The molecule has 30 heavy (non-hydrogen) atoms. The van der Waals surface area contributed by atoms with Gasteiger partial charge in [0.2, 0.25) is 0 Å². The molecule has 2 aromatic carbocycles. The Kier molecular flexibility index (Phi) is 5.76. The molecule has 0 spiro atoms. The molecule has 5 rings (SSSR count). The zero-order chi connectivity index (χ0) is 21.0. The van der Waals surface area contributed by atoms with E-state index in [1.165, 1.54) is 5.56 Å². The molecule has 0 amide bonds. The maximum atomic E-state index is 10.6. The van der Waals surface area contributed by atoms with Crippen molar-refractivity contribution in [1.82, 2.24) is 0 Å². The van der Waals surface area contributed by atoms with Gasteiger partial charge in [0, 0.05) is 5.41 Å². The van der Waals surface area contributed by atoms with Gasteiger partial charge in [-0.1, -0.05) is 18.2 Å². The first-order valence-corrected chi connectivity index (χ1v) is 10.2. The molecule has 3 fully saturated rings. The molecule has 1 saturated carbocycles. The van der Waals surface area contributed by atoms with Gasteiger partial charge < -0.3 is 19.3 Å². The van der Waals surface area contributed by atoms with E-state index in [1.807, 2.05) is 24.3 Å². The summed E-state index contributed by atoms with van der Waals surface area (Å²) in [6.45, 7) is 0.799. The van der Waals surface area contributed by atoms with Crippen LogP contribution in [-0.2, 0) is 19.7 Å². The van der Waals surface area contributed by atoms with Crippen molar-refractivity contribution in [3.05, 3.63) is 59.7 Å². The van der Waals surface area contributed by atoms with Crippen LogP contribution in [0.3, 0.4) is 0 Å². The van der Waals surface area contributed by atoms with Crippen LogP contribution in [0.5, 0.6) is 11.5 Å². The minimum Gasteiger partial charge on any atom is -0.480 e. The summed E-state index contributed by atoms with van der Waals surface area (Å²) in [5.41, 5.74) is 1.58. The number of benzene rings is 2. The fourth-order valence-electron chi connectivity index (χ4n) is 4.53. The number of fused-ring (bicyclic) bond motifs is 3. The Labute approximate surface area is 176 Å². The van der Waals surface area contributed by atoms with Gasteiger partial charge in [-0.15, -0.1) is 0 Å². The van der Waals surface area contributed by atoms with Crippen LogP contribution in [0.4, 0.5) is 0 Å². The van der Waals surface area contributed by atoms with Crippen molar-refractivity contribution in [1.29, 1.82) is 5.26 Å². The zero-order valence-electron chi connectivity index (χ0n) is 16.8. The number of carboxylic acids is 1. The predicted octanol–water partition coefficient (Wildman–Crippen LogP) is 4.42. The lowest BCUT2D eigenvalue weighted by molar-refractivity contribution is -0.168. The molecule has 0 radical (unpaired) electrons. The van der Waals surface area contributed by atoms with Crippen LogP contribution < -0.4 is 4.74 Å². The molecular weight excluding hydrogens is 382 g/mol. The Morgan fingerprint density at radius 1 is 1.10 bits per heavy atom. The summed E-state index contributed by atoms with van der Waals surface area (Å²) >= 11 is 0. The number of carbonyl (C=O) groups is 1. The molecule has 2 heterocycles. The quantitative estimate of drug-likeness (QED) is 0.652. The maximum Gasteiger partial charge on any atom is 0.329 e. The molecule has 0 atom stereocenters. The van der Waals surface area contributed by atoms with E-state index in [4.69, 9.17) is 24.6 Å². The van der Waals surface area contributed by atoms with Crippen molar-refractivity contribution in [3.8, 4) is 17.6 Å². The molecular formula is C24H25NO5. The number of rotatable bonds is 8. The van der Waals surface area contributed by atoms with Crippen LogP contribution in [0, 0.1) is 11.3 Å². The summed E-state index contributed by atoms with van der Waals surface area (Å²) in [4.78, 5) is 10.6. The van der Waals surface area contributed by atoms with Crippen LogP contribution in [0.25, 0.3) is 0 Å². The minimum absolute atomic E-state index is 0.0163. The third-order valence-electron chi connectivity index (χ3n) is 6.35. The van der Waals surface area contributed by atoms with Crippen LogP contribution in [0.15, 0.2) is 48.5 Å². The van der Waals surface area contributed by atoms with Gasteiger partial charge in [-0.2, -0.15) is 5.26 Å². The minimum atomic E-state index is -0.943. The van der Waals surface area contributed by atoms with Crippen molar-refractivity contribution in [2.24, 2.45) is 0 Å². The highest BCUT2D eigenvalue weighted by atomic mass is 16.5. The van der Waals surface area contributed by atoms with Gasteiger partial charge in [0.15, 0.2) is 0 Å². The topological polar surface area (TPSA) is 88.8 Å². The fraction of sp³-hybridized carbons (Fsp3) is 0.417. The van der Waals surface area contributed by atoms with Gasteiger partial charge in [0.25, 0.3) is 0 Å². The van der Waals surface area contributed by atoms with Gasteiger partial charge in [-0.3, -0.25) is 0 Å². The Balaban J connectivity index is 1.41. The Bertz CT molecular complexity index is 940. The zero-order valence-corrected chi connectivity index (χ0v) is 16.8. The second kappa shape index (κ2) is 8.47. The first kappa shape index (κ1) is 20.4. The van der Waals surface area contributed by atoms with Crippen molar-refractivity contribution < 1.29 is 24.1 Å². The lowest BCUT2D eigenvalue weighted by Crippen LogP contribution is -2.53. The van der Waals surface area contributed by atoms with Gasteiger partial charge in [-0.25, -0.2) is 4.79 Å². The van der Waals surface area contributed by atoms with Crippen LogP contribution in [-0.4, -0.2) is 36.5 Å². The summed E-state index contributed by atoms with van der Waals surface area (Å²) in [6, 6.07) is 17.4. The molecule has 2 aromatic rings. The second-order valence-corrected chi connectivity index (χ2v) is 8.22. The van der Waals surface area contributed by atoms with Gasteiger partial charge in [-0.05, 0) is 68.0 Å². The molecule has 1 aliphatic carbocycles. The SMILES string of the molecule is N#Cc1cccc(Oc2cccc(C34CCC(CCOCC(=O)O)(CC3)OC4)c2)c1. The van der Waals surface area contributed by atoms with Crippen LogP contribution in [0.1, 0.15) is 43.2 Å². The van der Waals surface area contributed by atoms with E-state index in [0.29, 0.717) is 24.5 Å². The van der Waals surface area contributed by atoms with E-state index in [0.717, 1.165) is 37.9 Å². The Hall–Kier alpha value is -2.88. The van der Waals surface area contributed by atoms with Crippen molar-refractivity contribution in [2.75, 3.05) is 19.8 Å².